The number of amides is 1. The molecule has 6 heteroatoms. The standard InChI is InChI=1S/C13H14N2O4/c1-19-13(18)10(16)7-15-12(17)9-4-2-3-8-5-6-14-11(8)9/h2-6,10,14,16H,7H2,1H3,(H,15,17). The monoisotopic (exact) mass is 262 g/mol. The van der Waals surface area contributed by atoms with Gasteiger partial charge in [0, 0.05) is 11.6 Å². The van der Waals surface area contributed by atoms with E-state index in [-0.39, 0.29) is 12.5 Å². The number of benzene rings is 1. The van der Waals surface area contributed by atoms with Gasteiger partial charge in [0.2, 0.25) is 0 Å². The summed E-state index contributed by atoms with van der Waals surface area (Å²) >= 11 is 0. The van der Waals surface area contributed by atoms with Crippen LogP contribution in [0.3, 0.4) is 0 Å². The van der Waals surface area contributed by atoms with Crippen molar-refractivity contribution in [3.05, 3.63) is 36.0 Å². The highest BCUT2D eigenvalue weighted by atomic mass is 16.5. The van der Waals surface area contributed by atoms with Crippen LogP contribution in [0.4, 0.5) is 0 Å². The van der Waals surface area contributed by atoms with Gasteiger partial charge in [-0.1, -0.05) is 12.1 Å². The van der Waals surface area contributed by atoms with Crippen molar-refractivity contribution in [2.45, 2.75) is 6.10 Å². The van der Waals surface area contributed by atoms with E-state index < -0.39 is 12.1 Å². The van der Waals surface area contributed by atoms with Crippen LogP contribution < -0.4 is 5.32 Å². The second kappa shape index (κ2) is 5.53. The Morgan fingerprint density at radius 1 is 1.42 bits per heavy atom. The van der Waals surface area contributed by atoms with Gasteiger partial charge in [-0.2, -0.15) is 0 Å². The fraction of sp³-hybridized carbons (Fsp3) is 0.231. The molecule has 0 radical (unpaired) electrons. The van der Waals surface area contributed by atoms with E-state index >= 15 is 0 Å². The van der Waals surface area contributed by atoms with Gasteiger partial charge in [0.25, 0.3) is 5.91 Å². The van der Waals surface area contributed by atoms with Crippen LogP contribution in [0.2, 0.25) is 0 Å². The molecule has 1 aromatic heterocycles. The molecule has 1 amide bonds. The Labute approximate surface area is 109 Å². The quantitative estimate of drug-likeness (QED) is 0.697. The van der Waals surface area contributed by atoms with Crippen molar-refractivity contribution < 1.29 is 19.4 Å². The van der Waals surface area contributed by atoms with E-state index in [1.54, 1.807) is 18.3 Å². The summed E-state index contributed by atoms with van der Waals surface area (Å²) in [5.74, 6) is -1.14. The zero-order valence-corrected chi connectivity index (χ0v) is 10.3. The molecule has 0 saturated carbocycles. The molecule has 0 fully saturated rings. The fourth-order valence-corrected chi connectivity index (χ4v) is 1.78. The number of H-pyrrole nitrogens is 1. The summed E-state index contributed by atoms with van der Waals surface area (Å²) in [5.41, 5.74) is 1.17. The minimum Gasteiger partial charge on any atom is -0.467 e. The Bertz CT molecular complexity index is 605. The third-order valence-electron chi connectivity index (χ3n) is 2.76. The van der Waals surface area contributed by atoms with Crippen LogP contribution in [0.25, 0.3) is 10.9 Å². The molecule has 0 aliphatic rings. The maximum absolute atomic E-state index is 12.0. The Hall–Kier alpha value is -2.34. The highest BCUT2D eigenvalue weighted by Crippen LogP contribution is 2.16. The van der Waals surface area contributed by atoms with E-state index in [4.69, 9.17) is 0 Å². The average Bonchev–Trinajstić information content (AvgIpc) is 2.91. The first kappa shape index (κ1) is 13.1. The number of methoxy groups -OCH3 is 1. The number of carbonyl (C=O) groups excluding carboxylic acids is 2. The van der Waals surface area contributed by atoms with Gasteiger partial charge in [-0.3, -0.25) is 4.79 Å². The number of rotatable bonds is 4. The number of fused-ring (bicyclic) bond motifs is 1. The van der Waals surface area contributed by atoms with Gasteiger partial charge in [-0.15, -0.1) is 0 Å². The molecular weight excluding hydrogens is 248 g/mol. The van der Waals surface area contributed by atoms with Crippen molar-refractivity contribution in [2.75, 3.05) is 13.7 Å². The van der Waals surface area contributed by atoms with E-state index in [2.05, 4.69) is 15.0 Å². The second-order valence-corrected chi connectivity index (χ2v) is 4.00. The number of esters is 1. The Morgan fingerprint density at radius 3 is 2.95 bits per heavy atom. The number of aromatic amines is 1. The predicted octanol–water partition coefficient (Wildman–Crippen LogP) is 0.432. The third kappa shape index (κ3) is 2.74. The first-order valence-electron chi connectivity index (χ1n) is 5.73. The van der Waals surface area contributed by atoms with Crippen molar-refractivity contribution >= 4 is 22.8 Å². The van der Waals surface area contributed by atoms with Gasteiger partial charge in [-0.05, 0) is 12.1 Å². The van der Waals surface area contributed by atoms with Gasteiger partial charge in [0.05, 0.1) is 24.7 Å². The average molecular weight is 262 g/mol. The van der Waals surface area contributed by atoms with Gasteiger partial charge in [0.15, 0.2) is 6.10 Å². The highest BCUT2D eigenvalue weighted by molar-refractivity contribution is 6.05. The summed E-state index contributed by atoms with van der Waals surface area (Å²) in [4.78, 5) is 26.0. The first-order valence-corrected chi connectivity index (χ1v) is 5.73. The maximum atomic E-state index is 12.0. The van der Waals surface area contributed by atoms with Gasteiger partial charge in [0.1, 0.15) is 0 Å². The van der Waals surface area contributed by atoms with Gasteiger partial charge in [-0.25, -0.2) is 4.79 Å². The fourth-order valence-electron chi connectivity index (χ4n) is 1.78. The molecule has 2 aromatic rings. The largest absolute Gasteiger partial charge is 0.467 e. The molecule has 0 aliphatic heterocycles. The Kier molecular flexibility index (Phi) is 3.82. The van der Waals surface area contributed by atoms with Crippen LogP contribution in [0, 0.1) is 0 Å². The minimum atomic E-state index is -1.36. The van der Waals surface area contributed by atoms with E-state index in [1.165, 1.54) is 7.11 Å². The predicted molar refractivity (Wildman–Crippen MR) is 68.7 cm³/mol. The molecular formula is C13H14N2O4. The molecule has 3 N–H and O–H groups in total. The number of para-hydroxylation sites is 1. The number of aliphatic hydroxyl groups excluding tert-OH is 1. The minimum absolute atomic E-state index is 0.192. The van der Waals surface area contributed by atoms with Crippen molar-refractivity contribution in [1.82, 2.24) is 10.3 Å². The first-order chi connectivity index (χ1) is 9.13. The molecule has 19 heavy (non-hydrogen) atoms. The molecule has 1 aromatic carbocycles. The van der Waals surface area contributed by atoms with Crippen LogP contribution in [-0.4, -0.2) is 41.7 Å². The van der Waals surface area contributed by atoms with E-state index in [0.29, 0.717) is 11.1 Å². The SMILES string of the molecule is COC(=O)C(O)CNC(=O)c1cccc2cc[nH]c12. The van der Waals surface area contributed by atoms with Crippen LogP contribution in [-0.2, 0) is 9.53 Å². The highest BCUT2D eigenvalue weighted by Gasteiger charge is 2.17. The van der Waals surface area contributed by atoms with Crippen LogP contribution >= 0.6 is 0 Å². The molecule has 0 aliphatic carbocycles. The third-order valence-corrected chi connectivity index (χ3v) is 2.76. The van der Waals surface area contributed by atoms with E-state index in [0.717, 1.165) is 5.39 Å². The number of nitrogens with one attached hydrogen (secondary N) is 2. The smallest absolute Gasteiger partial charge is 0.336 e. The maximum Gasteiger partial charge on any atom is 0.336 e. The Balaban J connectivity index is 2.08. The van der Waals surface area contributed by atoms with E-state index in [9.17, 15) is 14.7 Å². The number of aromatic nitrogens is 1. The molecule has 0 saturated heterocycles. The number of carbonyl (C=O) groups is 2. The number of ether oxygens (including phenoxy) is 1. The summed E-state index contributed by atoms with van der Waals surface area (Å²) in [7, 11) is 1.17. The Morgan fingerprint density at radius 2 is 2.21 bits per heavy atom. The lowest BCUT2D eigenvalue weighted by Crippen LogP contribution is -2.37. The van der Waals surface area contributed by atoms with Crippen LogP contribution in [0.15, 0.2) is 30.5 Å². The summed E-state index contributed by atoms with van der Waals surface area (Å²) in [5, 5.41) is 12.8. The molecule has 1 atom stereocenters. The zero-order valence-electron chi connectivity index (χ0n) is 10.3. The molecule has 100 valence electrons. The molecule has 2 rings (SSSR count). The number of hydrogen-bond acceptors (Lipinski definition) is 4. The molecule has 0 spiro atoms. The van der Waals surface area contributed by atoms with Crippen molar-refractivity contribution in [2.24, 2.45) is 0 Å². The summed E-state index contributed by atoms with van der Waals surface area (Å²) in [6, 6.07) is 7.17. The van der Waals surface area contributed by atoms with Gasteiger partial charge < -0.3 is 20.1 Å². The van der Waals surface area contributed by atoms with Crippen LogP contribution in [0.1, 0.15) is 10.4 Å². The molecule has 0 bridgehead atoms. The molecule has 6 nitrogen and oxygen atoms in total. The van der Waals surface area contributed by atoms with E-state index in [1.807, 2.05) is 12.1 Å². The number of hydrogen-bond donors (Lipinski definition) is 3. The summed E-state index contributed by atoms with van der Waals surface area (Å²) < 4.78 is 4.36. The topological polar surface area (TPSA) is 91.4 Å². The lowest BCUT2D eigenvalue weighted by Gasteiger charge is -2.10. The summed E-state index contributed by atoms with van der Waals surface area (Å²) in [6.07, 6.45) is 0.377. The molecule has 1 heterocycles. The number of aliphatic hydroxyl groups is 1. The van der Waals surface area contributed by atoms with Crippen molar-refractivity contribution in [3.63, 3.8) is 0 Å². The van der Waals surface area contributed by atoms with Crippen molar-refractivity contribution in [1.29, 1.82) is 0 Å². The van der Waals surface area contributed by atoms with Gasteiger partial charge >= 0.3 is 5.97 Å². The zero-order chi connectivity index (χ0) is 13.8. The molecule has 1 unspecified atom stereocenters. The second-order valence-electron chi connectivity index (χ2n) is 4.00. The van der Waals surface area contributed by atoms with Crippen LogP contribution in [0.5, 0.6) is 0 Å². The van der Waals surface area contributed by atoms with Crippen molar-refractivity contribution in [3.8, 4) is 0 Å². The summed E-state index contributed by atoms with van der Waals surface area (Å²) in [6.45, 7) is -0.192. The lowest BCUT2D eigenvalue weighted by atomic mass is 10.1. The lowest BCUT2D eigenvalue weighted by molar-refractivity contribution is -0.149. The normalized spacial score (nSPS) is 12.1.